The lowest BCUT2D eigenvalue weighted by Gasteiger charge is -2.15. The van der Waals surface area contributed by atoms with Crippen molar-refractivity contribution in [1.29, 1.82) is 0 Å². The van der Waals surface area contributed by atoms with Crippen molar-refractivity contribution in [3.8, 4) is 11.8 Å². The third-order valence-electron chi connectivity index (χ3n) is 2.66. The first-order valence-corrected chi connectivity index (χ1v) is 5.99. The molecule has 2 aromatic rings. The van der Waals surface area contributed by atoms with Gasteiger partial charge in [-0.05, 0) is 6.42 Å². The summed E-state index contributed by atoms with van der Waals surface area (Å²) in [5, 5.41) is 3.20. The minimum absolute atomic E-state index is 0.00631. The molecule has 2 rings (SSSR count). The first kappa shape index (κ1) is 13.1. The Labute approximate surface area is 111 Å². The van der Waals surface area contributed by atoms with Crippen LogP contribution in [0.1, 0.15) is 25.2 Å². The number of nitrogens with one attached hydrogen (secondary N) is 2. The summed E-state index contributed by atoms with van der Waals surface area (Å²) < 4.78 is 10.2. The lowest BCUT2D eigenvalue weighted by atomic mass is 10.2. The monoisotopic (exact) mass is 263 g/mol. The van der Waals surface area contributed by atoms with E-state index < -0.39 is 0 Å². The molecule has 1 atom stereocenters. The van der Waals surface area contributed by atoms with Crippen LogP contribution in [0.4, 0.5) is 5.95 Å². The molecule has 7 heteroatoms. The van der Waals surface area contributed by atoms with Gasteiger partial charge in [-0.25, -0.2) is 4.98 Å². The summed E-state index contributed by atoms with van der Waals surface area (Å²) in [6.45, 7) is 2.05. The van der Waals surface area contributed by atoms with Crippen molar-refractivity contribution < 1.29 is 9.47 Å². The quantitative estimate of drug-likeness (QED) is 0.826. The predicted octanol–water partition coefficient (Wildman–Crippen LogP) is 1.78. The van der Waals surface area contributed by atoms with Gasteiger partial charge in [-0.3, -0.25) is 0 Å². The van der Waals surface area contributed by atoms with Crippen molar-refractivity contribution in [2.24, 2.45) is 0 Å². The Morgan fingerprint density at radius 3 is 2.42 bits per heavy atom. The number of nitrogens with zero attached hydrogens (tertiary/aromatic N) is 3. The summed E-state index contributed by atoms with van der Waals surface area (Å²) in [4.78, 5) is 15.8. The Morgan fingerprint density at radius 2 is 1.95 bits per heavy atom. The van der Waals surface area contributed by atoms with E-state index in [0.717, 1.165) is 12.2 Å². The van der Waals surface area contributed by atoms with Gasteiger partial charge in [0.25, 0.3) is 0 Å². The predicted molar refractivity (Wildman–Crippen MR) is 70.4 cm³/mol. The molecule has 7 nitrogen and oxygen atoms in total. The second kappa shape index (κ2) is 6.03. The van der Waals surface area contributed by atoms with Gasteiger partial charge in [0.05, 0.1) is 26.3 Å². The van der Waals surface area contributed by atoms with Crippen molar-refractivity contribution in [3.05, 3.63) is 24.3 Å². The summed E-state index contributed by atoms with van der Waals surface area (Å²) in [7, 11) is 3.10. The lowest BCUT2D eigenvalue weighted by Crippen LogP contribution is -2.14. The second-order valence-electron chi connectivity index (χ2n) is 3.86. The average molecular weight is 263 g/mol. The van der Waals surface area contributed by atoms with Crippen LogP contribution in [0.15, 0.2) is 18.5 Å². The molecule has 19 heavy (non-hydrogen) atoms. The zero-order chi connectivity index (χ0) is 13.7. The van der Waals surface area contributed by atoms with Gasteiger partial charge in [0.1, 0.15) is 5.82 Å². The molecule has 0 bridgehead atoms. The number of rotatable bonds is 6. The Bertz CT molecular complexity index is 493. The molecule has 0 spiro atoms. The van der Waals surface area contributed by atoms with Crippen molar-refractivity contribution in [2.45, 2.75) is 19.4 Å². The van der Waals surface area contributed by atoms with Gasteiger partial charge in [0.15, 0.2) is 0 Å². The maximum absolute atomic E-state index is 5.11. The Kier molecular flexibility index (Phi) is 4.17. The van der Waals surface area contributed by atoms with E-state index in [0.29, 0.717) is 17.7 Å². The highest BCUT2D eigenvalue weighted by atomic mass is 16.5. The third-order valence-corrected chi connectivity index (χ3v) is 2.66. The van der Waals surface area contributed by atoms with Crippen LogP contribution in [-0.2, 0) is 0 Å². The van der Waals surface area contributed by atoms with Gasteiger partial charge in [-0.15, -0.1) is 0 Å². The fraction of sp³-hybridized carbons (Fsp3) is 0.417. The summed E-state index contributed by atoms with van der Waals surface area (Å²) in [6.07, 6.45) is 4.34. The molecule has 102 valence electrons. The summed E-state index contributed by atoms with van der Waals surface area (Å²) in [5.74, 6) is 2.18. The SMILES string of the molecule is CCC(Nc1nc(OC)cc(OC)n1)c1ncc[nH]1. The van der Waals surface area contributed by atoms with Crippen molar-refractivity contribution in [2.75, 3.05) is 19.5 Å². The number of ether oxygens (including phenoxy) is 2. The van der Waals surface area contributed by atoms with Gasteiger partial charge in [0.2, 0.25) is 17.7 Å². The zero-order valence-electron chi connectivity index (χ0n) is 11.2. The smallest absolute Gasteiger partial charge is 0.229 e. The minimum atomic E-state index is 0.00631. The normalized spacial score (nSPS) is 11.9. The van der Waals surface area contributed by atoms with E-state index in [2.05, 4.69) is 32.2 Å². The third kappa shape index (κ3) is 3.12. The summed E-state index contributed by atoms with van der Waals surface area (Å²) >= 11 is 0. The number of aromatic nitrogens is 4. The van der Waals surface area contributed by atoms with Crippen LogP contribution in [0.25, 0.3) is 0 Å². The van der Waals surface area contributed by atoms with E-state index >= 15 is 0 Å². The Morgan fingerprint density at radius 1 is 1.26 bits per heavy atom. The molecule has 0 aliphatic heterocycles. The van der Waals surface area contributed by atoms with E-state index in [-0.39, 0.29) is 6.04 Å². The van der Waals surface area contributed by atoms with E-state index in [1.807, 2.05) is 0 Å². The fourth-order valence-electron chi connectivity index (χ4n) is 1.67. The highest BCUT2D eigenvalue weighted by Crippen LogP contribution is 2.22. The van der Waals surface area contributed by atoms with Crippen molar-refractivity contribution >= 4 is 5.95 Å². The maximum atomic E-state index is 5.11. The van der Waals surface area contributed by atoms with Crippen LogP contribution >= 0.6 is 0 Å². The fourth-order valence-corrected chi connectivity index (χ4v) is 1.67. The molecule has 2 heterocycles. The second-order valence-corrected chi connectivity index (χ2v) is 3.86. The first-order valence-electron chi connectivity index (χ1n) is 5.99. The molecule has 0 aliphatic rings. The van der Waals surface area contributed by atoms with Crippen LogP contribution in [0, 0.1) is 0 Å². The molecule has 2 N–H and O–H groups in total. The molecular weight excluding hydrogens is 246 g/mol. The van der Waals surface area contributed by atoms with Gasteiger partial charge in [0, 0.05) is 12.4 Å². The molecule has 0 fully saturated rings. The van der Waals surface area contributed by atoms with E-state index in [9.17, 15) is 0 Å². The molecule has 0 saturated carbocycles. The molecule has 1 unspecified atom stereocenters. The van der Waals surface area contributed by atoms with Crippen LogP contribution in [0.2, 0.25) is 0 Å². The number of anilines is 1. The largest absolute Gasteiger partial charge is 0.481 e. The topological polar surface area (TPSA) is 85.0 Å². The lowest BCUT2D eigenvalue weighted by molar-refractivity contribution is 0.372. The standard InChI is InChI=1S/C12H17N5O2/c1-4-8(11-13-5-6-14-11)15-12-16-9(18-2)7-10(17-12)19-3/h5-8H,4H2,1-3H3,(H,13,14)(H,15,16,17). The zero-order valence-corrected chi connectivity index (χ0v) is 11.2. The van der Waals surface area contributed by atoms with Gasteiger partial charge < -0.3 is 19.8 Å². The highest BCUT2D eigenvalue weighted by molar-refractivity contribution is 5.35. The first-order chi connectivity index (χ1) is 9.26. The van der Waals surface area contributed by atoms with Gasteiger partial charge in [-0.2, -0.15) is 9.97 Å². The number of imidazole rings is 1. The molecule has 0 radical (unpaired) electrons. The molecule has 0 amide bonds. The summed E-state index contributed by atoms with van der Waals surface area (Å²) in [5.41, 5.74) is 0. The summed E-state index contributed by atoms with van der Waals surface area (Å²) in [6, 6.07) is 1.63. The number of hydrogen-bond donors (Lipinski definition) is 2. The van der Waals surface area contributed by atoms with Crippen LogP contribution in [-0.4, -0.2) is 34.2 Å². The number of aromatic amines is 1. The number of methoxy groups -OCH3 is 2. The van der Waals surface area contributed by atoms with Crippen molar-refractivity contribution in [1.82, 2.24) is 19.9 Å². The van der Waals surface area contributed by atoms with Gasteiger partial charge in [-0.1, -0.05) is 6.92 Å². The van der Waals surface area contributed by atoms with Crippen molar-refractivity contribution in [3.63, 3.8) is 0 Å². The molecule has 2 aromatic heterocycles. The Balaban J connectivity index is 2.21. The maximum Gasteiger partial charge on any atom is 0.229 e. The molecular formula is C12H17N5O2. The molecule has 0 aliphatic carbocycles. The van der Waals surface area contributed by atoms with Crippen LogP contribution in [0.3, 0.4) is 0 Å². The average Bonchev–Trinajstić information content (AvgIpc) is 2.98. The highest BCUT2D eigenvalue weighted by Gasteiger charge is 2.14. The van der Waals surface area contributed by atoms with E-state index in [1.165, 1.54) is 0 Å². The Hall–Kier alpha value is -2.31. The minimum Gasteiger partial charge on any atom is -0.481 e. The van der Waals surface area contributed by atoms with Crippen LogP contribution in [0.5, 0.6) is 11.8 Å². The molecule has 0 aromatic carbocycles. The van der Waals surface area contributed by atoms with E-state index in [1.54, 1.807) is 32.7 Å². The van der Waals surface area contributed by atoms with Crippen LogP contribution < -0.4 is 14.8 Å². The van der Waals surface area contributed by atoms with E-state index in [4.69, 9.17) is 9.47 Å². The number of hydrogen-bond acceptors (Lipinski definition) is 6. The van der Waals surface area contributed by atoms with Gasteiger partial charge >= 0.3 is 0 Å². The number of H-pyrrole nitrogens is 1. The molecule has 0 saturated heterocycles.